The summed E-state index contributed by atoms with van der Waals surface area (Å²) in [4.78, 5) is 11.3. The maximum absolute atomic E-state index is 11.3. The van der Waals surface area contributed by atoms with Crippen LogP contribution in [0.15, 0.2) is 30.6 Å². The van der Waals surface area contributed by atoms with E-state index in [2.05, 4.69) is 10.4 Å². The highest BCUT2D eigenvalue weighted by atomic mass is 16.5. The Morgan fingerprint density at radius 2 is 2.39 bits per heavy atom. The second-order valence-electron chi connectivity index (χ2n) is 3.81. The molecular formula is C12H11N3O3. The number of aromatic nitrogens is 2. The monoisotopic (exact) mass is 245 g/mol. The van der Waals surface area contributed by atoms with E-state index in [-0.39, 0.29) is 12.5 Å². The van der Waals surface area contributed by atoms with Gasteiger partial charge in [0.2, 0.25) is 0 Å². The zero-order valence-corrected chi connectivity index (χ0v) is 9.71. The zero-order valence-electron chi connectivity index (χ0n) is 9.71. The summed E-state index contributed by atoms with van der Waals surface area (Å²) in [6.07, 6.45) is 3.48. The predicted molar refractivity (Wildman–Crippen MR) is 64.2 cm³/mol. The van der Waals surface area contributed by atoms with Crippen molar-refractivity contribution in [2.24, 2.45) is 0 Å². The van der Waals surface area contributed by atoms with Crippen molar-refractivity contribution in [3.05, 3.63) is 30.6 Å². The number of anilines is 1. The SMILES string of the molecule is COc1cc2c(cc1-n1cccn1)NC(=O)CO2. The van der Waals surface area contributed by atoms with E-state index in [4.69, 9.17) is 9.47 Å². The van der Waals surface area contributed by atoms with Gasteiger partial charge in [0.15, 0.2) is 6.61 Å². The van der Waals surface area contributed by atoms with Crippen LogP contribution < -0.4 is 14.8 Å². The molecular weight excluding hydrogens is 234 g/mol. The number of methoxy groups -OCH3 is 1. The summed E-state index contributed by atoms with van der Waals surface area (Å²) in [6.45, 7) is 0.0251. The van der Waals surface area contributed by atoms with Gasteiger partial charge in [0.05, 0.1) is 12.8 Å². The molecule has 1 aromatic carbocycles. The van der Waals surface area contributed by atoms with E-state index in [9.17, 15) is 4.79 Å². The summed E-state index contributed by atoms with van der Waals surface area (Å²) < 4.78 is 12.3. The molecule has 0 aliphatic carbocycles. The third-order valence-corrected chi connectivity index (χ3v) is 2.67. The Hall–Kier alpha value is -2.50. The van der Waals surface area contributed by atoms with Gasteiger partial charge in [0.25, 0.3) is 5.91 Å². The molecule has 2 aromatic rings. The fourth-order valence-corrected chi connectivity index (χ4v) is 1.85. The van der Waals surface area contributed by atoms with Crippen molar-refractivity contribution >= 4 is 11.6 Å². The molecule has 0 fully saturated rings. The minimum atomic E-state index is -0.168. The smallest absolute Gasteiger partial charge is 0.262 e. The number of nitrogens with zero attached hydrogens (tertiary/aromatic N) is 2. The van der Waals surface area contributed by atoms with Crippen LogP contribution in [0, 0.1) is 0 Å². The molecule has 0 saturated carbocycles. The molecule has 1 N–H and O–H groups in total. The van der Waals surface area contributed by atoms with Crippen molar-refractivity contribution in [1.29, 1.82) is 0 Å². The molecule has 0 atom stereocenters. The molecule has 0 radical (unpaired) electrons. The number of ether oxygens (including phenoxy) is 2. The van der Waals surface area contributed by atoms with E-state index in [1.807, 2.05) is 6.07 Å². The van der Waals surface area contributed by atoms with E-state index in [0.717, 1.165) is 5.69 Å². The first-order chi connectivity index (χ1) is 8.78. The second kappa shape index (κ2) is 4.06. The number of fused-ring (bicyclic) bond motifs is 1. The standard InChI is InChI=1S/C12H11N3O3/c1-17-11-6-10-8(14-12(16)7-18-10)5-9(11)15-4-2-3-13-15/h2-6H,7H2,1H3,(H,14,16). The lowest BCUT2D eigenvalue weighted by Crippen LogP contribution is -2.25. The molecule has 6 heteroatoms. The molecule has 0 spiro atoms. The predicted octanol–water partition coefficient (Wildman–Crippen LogP) is 1.21. The van der Waals surface area contributed by atoms with Gasteiger partial charge in [-0.3, -0.25) is 4.79 Å². The Morgan fingerprint density at radius 1 is 1.50 bits per heavy atom. The lowest BCUT2D eigenvalue weighted by Gasteiger charge is -2.20. The Labute approximate surface area is 103 Å². The molecule has 0 bridgehead atoms. The lowest BCUT2D eigenvalue weighted by atomic mass is 10.2. The average molecular weight is 245 g/mol. The number of rotatable bonds is 2. The third kappa shape index (κ3) is 1.67. The van der Waals surface area contributed by atoms with Gasteiger partial charge in [-0.2, -0.15) is 5.10 Å². The van der Waals surface area contributed by atoms with Crippen LogP contribution in [0.2, 0.25) is 0 Å². The molecule has 1 aliphatic rings. The Kier molecular flexibility index (Phi) is 2.40. The number of amides is 1. The van der Waals surface area contributed by atoms with Crippen LogP contribution in [0.25, 0.3) is 5.69 Å². The Balaban J connectivity index is 2.13. The van der Waals surface area contributed by atoms with Crippen LogP contribution in [0.1, 0.15) is 0 Å². The Morgan fingerprint density at radius 3 is 3.11 bits per heavy atom. The van der Waals surface area contributed by atoms with E-state index < -0.39 is 0 Å². The first-order valence-corrected chi connectivity index (χ1v) is 5.42. The van der Waals surface area contributed by atoms with Gasteiger partial charge in [0, 0.05) is 18.5 Å². The first-order valence-electron chi connectivity index (χ1n) is 5.42. The van der Waals surface area contributed by atoms with Crippen LogP contribution in [-0.4, -0.2) is 29.4 Å². The quantitative estimate of drug-likeness (QED) is 0.863. The first kappa shape index (κ1) is 10.6. The lowest BCUT2D eigenvalue weighted by molar-refractivity contribution is -0.118. The molecule has 1 amide bonds. The minimum Gasteiger partial charge on any atom is -0.494 e. The van der Waals surface area contributed by atoms with E-state index in [0.29, 0.717) is 17.2 Å². The number of benzene rings is 1. The molecule has 6 nitrogen and oxygen atoms in total. The highest BCUT2D eigenvalue weighted by molar-refractivity contribution is 5.96. The number of carbonyl (C=O) groups excluding carboxylic acids is 1. The van der Waals surface area contributed by atoms with Gasteiger partial charge >= 0.3 is 0 Å². The van der Waals surface area contributed by atoms with Crippen LogP contribution in [0.5, 0.6) is 11.5 Å². The fourth-order valence-electron chi connectivity index (χ4n) is 1.85. The van der Waals surface area contributed by atoms with Crippen molar-refractivity contribution in [3.63, 3.8) is 0 Å². The zero-order chi connectivity index (χ0) is 12.5. The second-order valence-corrected chi connectivity index (χ2v) is 3.81. The molecule has 0 unspecified atom stereocenters. The molecule has 3 rings (SSSR count). The Bertz CT molecular complexity index is 593. The van der Waals surface area contributed by atoms with Gasteiger partial charge in [-0.25, -0.2) is 4.68 Å². The summed E-state index contributed by atoms with van der Waals surface area (Å²) in [5.74, 6) is 1.06. The van der Waals surface area contributed by atoms with E-state index in [1.165, 1.54) is 0 Å². The van der Waals surface area contributed by atoms with Gasteiger partial charge in [-0.05, 0) is 12.1 Å². The average Bonchev–Trinajstić information content (AvgIpc) is 2.90. The largest absolute Gasteiger partial charge is 0.494 e. The molecule has 92 valence electrons. The summed E-state index contributed by atoms with van der Waals surface area (Å²) in [5, 5.41) is 6.90. The molecule has 18 heavy (non-hydrogen) atoms. The topological polar surface area (TPSA) is 65.4 Å². The number of carbonyl (C=O) groups is 1. The van der Waals surface area contributed by atoms with Crippen molar-refractivity contribution in [3.8, 4) is 17.2 Å². The van der Waals surface area contributed by atoms with Crippen molar-refractivity contribution in [2.75, 3.05) is 19.0 Å². The molecule has 0 saturated heterocycles. The summed E-state index contributed by atoms with van der Waals surface area (Å²) in [7, 11) is 1.58. The van der Waals surface area contributed by atoms with Gasteiger partial charge in [0.1, 0.15) is 17.2 Å². The maximum Gasteiger partial charge on any atom is 0.262 e. The molecule has 1 aromatic heterocycles. The molecule has 1 aliphatic heterocycles. The van der Waals surface area contributed by atoms with Gasteiger partial charge < -0.3 is 14.8 Å². The normalized spacial score (nSPS) is 13.5. The van der Waals surface area contributed by atoms with Crippen LogP contribution in [0.4, 0.5) is 5.69 Å². The third-order valence-electron chi connectivity index (χ3n) is 2.67. The van der Waals surface area contributed by atoms with E-state index >= 15 is 0 Å². The van der Waals surface area contributed by atoms with Crippen LogP contribution in [0.3, 0.4) is 0 Å². The van der Waals surface area contributed by atoms with Crippen LogP contribution in [-0.2, 0) is 4.79 Å². The van der Waals surface area contributed by atoms with E-state index in [1.54, 1.807) is 36.3 Å². The summed E-state index contributed by atoms with van der Waals surface area (Å²) >= 11 is 0. The number of hydrogen-bond donors (Lipinski definition) is 1. The fraction of sp³-hybridized carbons (Fsp3) is 0.167. The van der Waals surface area contributed by atoms with Crippen LogP contribution >= 0.6 is 0 Å². The summed E-state index contributed by atoms with van der Waals surface area (Å²) in [5.41, 5.74) is 1.37. The maximum atomic E-state index is 11.3. The van der Waals surface area contributed by atoms with Crippen molar-refractivity contribution in [2.45, 2.75) is 0 Å². The highest BCUT2D eigenvalue weighted by Gasteiger charge is 2.19. The highest BCUT2D eigenvalue weighted by Crippen LogP contribution is 2.36. The number of nitrogens with one attached hydrogen (secondary N) is 1. The minimum absolute atomic E-state index is 0.0251. The van der Waals surface area contributed by atoms with Gasteiger partial charge in [-0.1, -0.05) is 0 Å². The number of hydrogen-bond acceptors (Lipinski definition) is 4. The molecule has 2 heterocycles. The summed E-state index contributed by atoms with van der Waals surface area (Å²) in [6, 6.07) is 5.33. The van der Waals surface area contributed by atoms with Crippen molar-refractivity contribution in [1.82, 2.24) is 9.78 Å². The van der Waals surface area contributed by atoms with Crippen molar-refractivity contribution < 1.29 is 14.3 Å². The van der Waals surface area contributed by atoms with Gasteiger partial charge in [-0.15, -0.1) is 0 Å².